The SMILES string of the molecule is O=CC#Cc1cncnc1. The standard InChI is InChI=1S/C7H4N2O/c10-3-1-2-7-4-8-6-9-5-7/h3-6H. The molecule has 0 aliphatic heterocycles. The molecule has 10 heavy (non-hydrogen) atoms. The molecule has 3 heteroatoms. The lowest BCUT2D eigenvalue weighted by Gasteiger charge is -1.82. The predicted molar refractivity (Wildman–Crippen MR) is 35.0 cm³/mol. The molecule has 0 bridgehead atoms. The molecule has 0 aromatic carbocycles. The minimum atomic E-state index is 0.535. The van der Waals surface area contributed by atoms with E-state index in [2.05, 4.69) is 21.8 Å². The van der Waals surface area contributed by atoms with E-state index in [1.165, 1.54) is 6.33 Å². The predicted octanol–water partition coefficient (Wildman–Crippen LogP) is 0.0270. The summed E-state index contributed by atoms with van der Waals surface area (Å²) in [6.45, 7) is 0. The highest BCUT2D eigenvalue weighted by molar-refractivity contribution is 5.73. The van der Waals surface area contributed by atoms with Gasteiger partial charge in [-0.2, -0.15) is 0 Å². The maximum absolute atomic E-state index is 9.76. The van der Waals surface area contributed by atoms with Gasteiger partial charge in [0.1, 0.15) is 6.33 Å². The molecule has 0 atom stereocenters. The molecule has 0 saturated heterocycles. The van der Waals surface area contributed by atoms with Crippen LogP contribution >= 0.6 is 0 Å². The first-order chi connectivity index (χ1) is 4.93. The minimum Gasteiger partial charge on any atom is -0.289 e. The molecular weight excluding hydrogens is 128 g/mol. The molecule has 1 aromatic rings. The number of nitrogens with zero attached hydrogens (tertiary/aromatic N) is 2. The van der Waals surface area contributed by atoms with E-state index in [4.69, 9.17) is 0 Å². The van der Waals surface area contributed by atoms with Crippen LogP contribution in [0.1, 0.15) is 5.56 Å². The summed E-state index contributed by atoms with van der Waals surface area (Å²) in [5, 5.41) is 0. The number of aldehydes is 1. The van der Waals surface area contributed by atoms with Crippen LogP contribution in [0.15, 0.2) is 18.7 Å². The van der Waals surface area contributed by atoms with Gasteiger partial charge in [-0.05, 0) is 5.92 Å². The van der Waals surface area contributed by atoms with Gasteiger partial charge >= 0.3 is 0 Å². The summed E-state index contributed by atoms with van der Waals surface area (Å²) < 4.78 is 0. The molecule has 0 unspecified atom stereocenters. The van der Waals surface area contributed by atoms with Crippen molar-refractivity contribution < 1.29 is 4.79 Å². The number of carbonyl (C=O) groups excluding carboxylic acids is 1. The quantitative estimate of drug-likeness (QED) is 0.369. The van der Waals surface area contributed by atoms with Gasteiger partial charge in [-0.25, -0.2) is 9.97 Å². The Balaban J connectivity index is 2.86. The second-order valence-corrected chi connectivity index (χ2v) is 1.51. The van der Waals surface area contributed by atoms with Gasteiger partial charge < -0.3 is 0 Å². The Morgan fingerprint density at radius 1 is 1.40 bits per heavy atom. The fourth-order valence-electron chi connectivity index (χ4n) is 0.476. The third kappa shape index (κ3) is 1.67. The molecule has 1 rings (SSSR count). The maximum Gasteiger partial charge on any atom is 0.193 e. The minimum absolute atomic E-state index is 0.535. The molecule has 1 heterocycles. The summed E-state index contributed by atoms with van der Waals surface area (Å²) in [5.41, 5.74) is 0.648. The molecule has 3 nitrogen and oxygen atoms in total. The highest BCUT2D eigenvalue weighted by Gasteiger charge is 1.80. The van der Waals surface area contributed by atoms with Crippen molar-refractivity contribution in [3.63, 3.8) is 0 Å². The second kappa shape index (κ2) is 3.36. The lowest BCUT2D eigenvalue weighted by Crippen LogP contribution is -1.79. The zero-order chi connectivity index (χ0) is 7.23. The molecule has 0 fully saturated rings. The molecule has 0 amide bonds. The Morgan fingerprint density at radius 2 is 2.10 bits per heavy atom. The highest BCUT2D eigenvalue weighted by Crippen LogP contribution is 1.86. The summed E-state index contributed by atoms with van der Waals surface area (Å²) in [5.74, 6) is 4.81. The third-order valence-corrected chi connectivity index (χ3v) is 0.836. The van der Waals surface area contributed by atoms with E-state index in [0.29, 0.717) is 11.8 Å². The van der Waals surface area contributed by atoms with Gasteiger partial charge in [0.15, 0.2) is 6.29 Å². The highest BCUT2D eigenvalue weighted by atomic mass is 16.1. The zero-order valence-corrected chi connectivity index (χ0v) is 5.11. The Morgan fingerprint density at radius 3 is 2.70 bits per heavy atom. The number of carbonyl (C=O) groups is 1. The average Bonchev–Trinajstić information content (AvgIpc) is 2.03. The van der Waals surface area contributed by atoms with Crippen LogP contribution in [0.3, 0.4) is 0 Å². The summed E-state index contributed by atoms with van der Waals surface area (Å²) in [6, 6.07) is 0. The number of hydrogen-bond acceptors (Lipinski definition) is 3. The molecule has 0 saturated carbocycles. The van der Waals surface area contributed by atoms with E-state index in [1.807, 2.05) is 0 Å². The smallest absolute Gasteiger partial charge is 0.193 e. The first-order valence-corrected chi connectivity index (χ1v) is 2.63. The average molecular weight is 132 g/mol. The van der Waals surface area contributed by atoms with Crippen LogP contribution in [-0.4, -0.2) is 16.3 Å². The van der Waals surface area contributed by atoms with Crippen molar-refractivity contribution in [3.05, 3.63) is 24.3 Å². The van der Waals surface area contributed by atoms with Crippen LogP contribution in [0.25, 0.3) is 0 Å². The van der Waals surface area contributed by atoms with Crippen molar-refractivity contribution in [2.75, 3.05) is 0 Å². The number of hydrogen-bond donors (Lipinski definition) is 0. The maximum atomic E-state index is 9.76. The van der Waals surface area contributed by atoms with Gasteiger partial charge in [-0.3, -0.25) is 4.79 Å². The summed E-state index contributed by atoms with van der Waals surface area (Å²) >= 11 is 0. The Labute approximate surface area is 58.1 Å². The normalized spacial score (nSPS) is 7.60. The first kappa shape index (κ1) is 6.43. The van der Waals surface area contributed by atoms with E-state index >= 15 is 0 Å². The van der Waals surface area contributed by atoms with Crippen LogP contribution in [-0.2, 0) is 4.79 Å². The lowest BCUT2D eigenvalue weighted by molar-refractivity contribution is -0.103. The molecule has 0 radical (unpaired) electrons. The molecule has 0 N–H and O–H groups in total. The van der Waals surface area contributed by atoms with Crippen molar-refractivity contribution >= 4 is 6.29 Å². The van der Waals surface area contributed by atoms with E-state index in [0.717, 1.165) is 0 Å². The Kier molecular flexibility index (Phi) is 2.16. The van der Waals surface area contributed by atoms with Crippen LogP contribution < -0.4 is 0 Å². The van der Waals surface area contributed by atoms with Crippen LogP contribution in [0.4, 0.5) is 0 Å². The molecular formula is C7H4N2O. The van der Waals surface area contributed by atoms with E-state index in [1.54, 1.807) is 12.4 Å². The largest absolute Gasteiger partial charge is 0.289 e. The monoisotopic (exact) mass is 132 g/mol. The number of rotatable bonds is 0. The van der Waals surface area contributed by atoms with Gasteiger partial charge in [-0.1, -0.05) is 5.92 Å². The van der Waals surface area contributed by atoms with E-state index < -0.39 is 0 Å². The van der Waals surface area contributed by atoms with Gasteiger partial charge in [0.2, 0.25) is 0 Å². The molecule has 0 aliphatic rings. The van der Waals surface area contributed by atoms with Crippen LogP contribution in [0, 0.1) is 11.8 Å². The van der Waals surface area contributed by atoms with Gasteiger partial charge in [0.25, 0.3) is 0 Å². The van der Waals surface area contributed by atoms with Crippen LogP contribution in [0.5, 0.6) is 0 Å². The lowest BCUT2D eigenvalue weighted by atomic mass is 10.3. The summed E-state index contributed by atoms with van der Waals surface area (Å²) in [6.07, 6.45) is 5.03. The number of aromatic nitrogens is 2. The zero-order valence-electron chi connectivity index (χ0n) is 5.11. The van der Waals surface area contributed by atoms with Crippen molar-refractivity contribution in [1.82, 2.24) is 9.97 Å². The van der Waals surface area contributed by atoms with Gasteiger partial charge in [-0.15, -0.1) is 0 Å². The van der Waals surface area contributed by atoms with E-state index in [9.17, 15) is 4.79 Å². The Bertz CT molecular complexity index is 271. The Hall–Kier alpha value is -1.69. The van der Waals surface area contributed by atoms with Crippen molar-refractivity contribution in [2.24, 2.45) is 0 Å². The first-order valence-electron chi connectivity index (χ1n) is 2.63. The van der Waals surface area contributed by atoms with E-state index in [-0.39, 0.29) is 0 Å². The molecule has 0 spiro atoms. The second-order valence-electron chi connectivity index (χ2n) is 1.51. The van der Waals surface area contributed by atoms with Crippen molar-refractivity contribution in [3.8, 4) is 11.8 Å². The molecule has 48 valence electrons. The van der Waals surface area contributed by atoms with Crippen molar-refractivity contribution in [2.45, 2.75) is 0 Å². The fraction of sp³-hybridized carbons (Fsp3) is 0. The molecule has 1 aromatic heterocycles. The molecule has 0 aliphatic carbocycles. The summed E-state index contributed by atoms with van der Waals surface area (Å²) in [4.78, 5) is 17.2. The topological polar surface area (TPSA) is 42.9 Å². The van der Waals surface area contributed by atoms with Crippen molar-refractivity contribution in [1.29, 1.82) is 0 Å². The van der Waals surface area contributed by atoms with Crippen LogP contribution in [0.2, 0.25) is 0 Å². The summed E-state index contributed by atoms with van der Waals surface area (Å²) in [7, 11) is 0. The fourth-order valence-corrected chi connectivity index (χ4v) is 0.476. The third-order valence-electron chi connectivity index (χ3n) is 0.836. The van der Waals surface area contributed by atoms with Gasteiger partial charge in [0.05, 0.1) is 5.56 Å². The van der Waals surface area contributed by atoms with Gasteiger partial charge in [0, 0.05) is 12.4 Å².